The zero-order valence-electron chi connectivity index (χ0n) is 10.8. The Balaban J connectivity index is 2.24. The van der Waals surface area contributed by atoms with E-state index in [1.54, 1.807) is 0 Å². The van der Waals surface area contributed by atoms with Crippen molar-refractivity contribution in [2.24, 2.45) is 0 Å². The molecule has 0 unspecified atom stereocenters. The molecule has 0 N–H and O–H groups in total. The van der Waals surface area contributed by atoms with Crippen molar-refractivity contribution in [2.75, 3.05) is 7.11 Å². The molecule has 5 heteroatoms. The highest BCUT2D eigenvalue weighted by Crippen LogP contribution is 2.03. The molecule has 0 atom stereocenters. The molecule has 0 aromatic heterocycles. The van der Waals surface area contributed by atoms with Gasteiger partial charge in [-0.1, -0.05) is 30.3 Å². The first-order valence-electron chi connectivity index (χ1n) is 5.90. The van der Waals surface area contributed by atoms with E-state index in [9.17, 15) is 14.4 Å². The average Bonchev–Trinajstić information content (AvgIpc) is 2.43. The number of Topliss-reactive ketones (excluding diaryl/α,β-unsaturated/α-hetero) is 1. The third-order valence-electron chi connectivity index (χ3n) is 2.42. The standard InChI is InChI=1S/C14H16O5/c1-18-13(16)8-7-12(15)9-14(17)19-10-11-5-3-2-4-6-11/h2-6H,7-10H2,1H3. The zero-order chi connectivity index (χ0) is 14.1. The number of carbonyl (C=O) groups excluding carboxylic acids is 3. The first-order valence-corrected chi connectivity index (χ1v) is 5.90. The lowest BCUT2D eigenvalue weighted by Gasteiger charge is -2.04. The van der Waals surface area contributed by atoms with Crippen LogP contribution in [-0.4, -0.2) is 24.8 Å². The number of rotatable bonds is 7. The summed E-state index contributed by atoms with van der Waals surface area (Å²) < 4.78 is 9.36. The van der Waals surface area contributed by atoms with Crippen LogP contribution in [-0.2, 0) is 30.5 Å². The fraction of sp³-hybridized carbons (Fsp3) is 0.357. The molecule has 0 aliphatic rings. The quantitative estimate of drug-likeness (QED) is 0.553. The highest BCUT2D eigenvalue weighted by molar-refractivity contribution is 5.96. The van der Waals surface area contributed by atoms with Gasteiger partial charge in [-0.25, -0.2) is 0 Å². The van der Waals surface area contributed by atoms with Gasteiger partial charge in [-0.15, -0.1) is 0 Å². The topological polar surface area (TPSA) is 69.7 Å². The molecule has 102 valence electrons. The number of benzene rings is 1. The molecule has 1 rings (SSSR count). The van der Waals surface area contributed by atoms with E-state index < -0.39 is 11.9 Å². The second kappa shape index (κ2) is 8.02. The summed E-state index contributed by atoms with van der Waals surface area (Å²) in [5.41, 5.74) is 0.859. The number of hydrogen-bond donors (Lipinski definition) is 0. The highest BCUT2D eigenvalue weighted by atomic mass is 16.5. The maximum atomic E-state index is 11.4. The van der Waals surface area contributed by atoms with Gasteiger partial charge in [-0.2, -0.15) is 0 Å². The van der Waals surface area contributed by atoms with E-state index in [-0.39, 0.29) is 31.7 Å². The Morgan fingerprint density at radius 2 is 1.68 bits per heavy atom. The van der Waals surface area contributed by atoms with Crippen LogP contribution in [0.4, 0.5) is 0 Å². The monoisotopic (exact) mass is 264 g/mol. The summed E-state index contributed by atoms with van der Waals surface area (Å²) in [6, 6.07) is 9.19. The summed E-state index contributed by atoms with van der Waals surface area (Å²) in [4.78, 5) is 33.6. The predicted molar refractivity (Wildman–Crippen MR) is 67.1 cm³/mol. The van der Waals surface area contributed by atoms with Gasteiger partial charge in [0.1, 0.15) is 18.8 Å². The van der Waals surface area contributed by atoms with E-state index in [0.717, 1.165) is 5.56 Å². The third-order valence-corrected chi connectivity index (χ3v) is 2.42. The maximum absolute atomic E-state index is 11.4. The first kappa shape index (κ1) is 14.9. The molecule has 5 nitrogen and oxygen atoms in total. The predicted octanol–water partition coefficient (Wildman–Crippen LogP) is 1.64. The minimum Gasteiger partial charge on any atom is -0.469 e. The van der Waals surface area contributed by atoms with Crippen LogP contribution >= 0.6 is 0 Å². The van der Waals surface area contributed by atoms with Crippen molar-refractivity contribution in [3.8, 4) is 0 Å². The largest absolute Gasteiger partial charge is 0.469 e. The molecule has 1 aromatic rings. The molecule has 0 spiro atoms. The Morgan fingerprint density at radius 1 is 1.00 bits per heavy atom. The molecular weight excluding hydrogens is 248 g/mol. The number of ketones is 1. The van der Waals surface area contributed by atoms with Gasteiger partial charge in [0, 0.05) is 6.42 Å². The molecule has 0 aliphatic heterocycles. The molecule has 0 saturated heterocycles. The normalized spacial score (nSPS) is 9.74. The Morgan fingerprint density at radius 3 is 2.32 bits per heavy atom. The summed E-state index contributed by atoms with van der Waals surface area (Å²) in [5, 5.41) is 0. The smallest absolute Gasteiger partial charge is 0.313 e. The van der Waals surface area contributed by atoms with Gasteiger partial charge < -0.3 is 9.47 Å². The number of carbonyl (C=O) groups is 3. The Labute approximate surface area is 111 Å². The van der Waals surface area contributed by atoms with Crippen molar-refractivity contribution in [2.45, 2.75) is 25.9 Å². The van der Waals surface area contributed by atoms with Gasteiger partial charge in [0.15, 0.2) is 0 Å². The van der Waals surface area contributed by atoms with E-state index in [4.69, 9.17) is 4.74 Å². The lowest BCUT2D eigenvalue weighted by atomic mass is 10.2. The maximum Gasteiger partial charge on any atom is 0.313 e. The zero-order valence-corrected chi connectivity index (χ0v) is 10.8. The fourth-order valence-corrected chi connectivity index (χ4v) is 1.38. The molecule has 0 bridgehead atoms. The van der Waals surface area contributed by atoms with Crippen molar-refractivity contribution >= 4 is 17.7 Å². The van der Waals surface area contributed by atoms with Crippen LogP contribution in [0.3, 0.4) is 0 Å². The van der Waals surface area contributed by atoms with Crippen molar-refractivity contribution in [1.82, 2.24) is 0 Å². The summed E-state index contributed by atoms with van der Waals surface area (Å²) in [5.74, 6) is -1.38. The SMILES string of the molecule is COC(=O)CCC(=O)CC(=O)OCc1ccccc1. The number of methoxy groups -OCH3 is 1. The van der Waals surface area contributed by atoms with Crippen LogP contribution in [0.15, 0.2) is 30.3 Å². The van der Waals surface area contributed by atoms with Crippen LogP contribution in [0.2, 0.25) is 0 Å². The molecule has 0 amide bonds. The number of hydrogen-bond acceptors (Lipinski definition) is 5. The number of ether oxygens (including phenoxy) is 2. The van der Waals surface area contributed by atoms with Crippen LogP contribution in [0, 0.1) is 0 Å². The van der Waals surface area contributed by atoms with Crippen LogP contribution in [0.1, 0.15) is 24.8 Å². The van der Waals surface area contributed by atoms with Gasteiger partial charge in [0.25, 0.3) is 0 Å². The molecule has 0 saturated carbocycles. The van der Waals surface area contributed by atoms with Crippen molar-refractivity contribution in [3.05, 3.63) is 35.9 Å². The van der Waals surface area contributed by atoms with E-state index in [0.29, 0.717) is 0 Å². The molecule has 0 heterocycles. The highest BCUT2D eigenvalue weighted by Gasteiger charge is 2.12. The van der Waals surface area contributed by atoms with E-state index in [1.807, 2.05) is 30.3 Å². The molecular formula is C14H16O5. The summed E-state index contributed by atoms with van der Waals surface area (Å²) in [6.45, 7) is 0.143. The third kappa shape index (κ3) is 6.35. The first-order chi connectivity index (χ1) is 9.11. The van der Waals surface area contributed by atoms with Crippen molar-refractivity contribution in [1.29, 1.82) is 0 Å². The van der Waals surface area contributed by atoms with Crippen molar-refractivity contribution in [3.63, 3.8) is 0 Å². The second-order valence-electron chi connectivity index (χ2n) is 3.94. The second-order valence-corrected chi connectivity index (χ2v) is 3.94. The summed E-state index contributed by atoms with van der Waals surface area (Å²) >= 11 is 0. The van der Waals surface area contributed by atoms with E-state index in [2.05, 4.69) is 4.74 Å². The van der Waals surface area contributed by atoms with E-state index >= 15 is 0 Å². The number of esters is 2. The minimum atomic E-state index is -0.585. The summed E-state index contributed by atoms with van der Waals surface area (Å²) in [6.07, 6.45) is -0.335. The minimum absolute atomic E-state index is 0.00684. The van der Waals surface area contributed by atoms with Gasteiger partial charge in [-0.3, -0.25) is 14.4 Å². The van der Waals surface area contributed by atoms with Gasteiger partial charge in [0.2, 0.25) is 0 Å². The average molecular weight is 264 g/mol. The van der Waals surface area contributed by atoms with Gasteiger partial charge in [-0.05, 0) is 5.56 Å². The fourth-order valence-electron chi connectivity index (χ4n) is 1.38. The van der Waals surface area contributed by atoms with E-state index in [1.165, 1.54) is 7.11 Å². The molecule has 0 fully saturated rings. The summed E-state index contributed by atoms with van der Waals surface area (Å²) in [7, 11) is 1.25. The lowest BCUT2D eigenvalue weighted by molar-refractivity contribution is -0.148. The molecule has 1 aromatic carbocycles. The molecule has 19 heavy (non-hydrogen) atoms. The van der Waals surface area contributed by atoms with Crippen molar-refractivity contribution < 1.29 is 23.9 Å². The van der Waals surface area contributed by atoms with Crippen LogP contribution in [0.5, 0.6) is 0 Å². The van der Waals surface area contributed by atoms with Gasteiger partial charge >= 0.3 is 11.9 Å². The Bertz CT molecular complexity index is 438. The van der Waals surface area contributed by atoms with Crippen LogP contribution < -0.4 is 0 Å². The molecule has 0 aliphatic carbocycles. The Hall–Kier alpha value is -2.17. The molecule has 0 radical (unpaired) electrons. The van der Waals surface area contributed by atoms with Gasteiger partial charge in [0.05, 0.1) is 13.5 Å². The van der Waals surface area contributed by atoms with Crippen LogP contribution in [0.25, 0.3) is 0 Å². The Kier molecular flexibility index (Phi) is 6.29. The lowest BCUT2D eigenvalue weighted by Crippen LogP contribution is -2.13.